The van der Waals surface area contributed by atoms with Crippen molar-refractivity contribution >= 4 is 44.4 Å². The lowest BCUT2D eigenvalue weighted by molar-refractivity contribution is 0.209. The Morgan fingerprint density at radius 2 is 1.97 bits per heavy atom. The number of aromatic nitrogens is 4. The van der Waals surface area contributed by atoms with Crippen molar-refractivity contribution < 1.29 is 19.4 Å². The molecule has 0 fully saturated rings. The average Bonchev–Trinajstić information content (AvgIpc) is 3.28. The van der Waals surface area contributed by atoms with Crippen molar-refractivity contribution in [2.75, 3.05) is 19.0 Å². The second kappa shape index (κ2) is 9.74. The van der Waals surface area contributed by atoms with Gasteiger partial charge in [0.05, 0.1) is 52.5 Å². The molecule has 0 bridgehead atoms. The number of hydrogen-bond acceptors (Lipinski definition) is 8. The summed E-state index contributed by atoms with van der Waals surface area (Å²) in [4.78, 5) is 29.3. The number of benzene rings is 2. The Kier molecular flexibility index (Phi) is 6.34. The summed E-state index contributed by atoms with van der Waals surface area (Å²) in [7, 11) is 1.57. The third-order valence-electron chi connectivity index (χ3n) is 5.61. The summed E-state index contributed by atoms with van der Waals surface area (Å²) in [5.41, 5.74) is 6.52. The second-order valence-corrected chi connectivity index (χ2v) is 9.26. The summed E-state index contributed by atoms with van der Waals surface area (Å²) in [6.07, 6.45) is 2.58. The van der Waals surface area contributed by atoms with Gasteiger partial charge < -0.3 is 14.6 Å². The van der Waals surface area contributed by atoms with Crippen LogP contribution in [0.3, 0.4) is 0 Å². The van der Waals surface area contributed by atoms with Crippen molar-refractivity contribution in [2.45, 2.75) is 20.3 Å². The number of pyridine rings is 1. The lowest BCUT2D eigenvalue weighted by Gasteiger charge is -2.10. The first-order chi connectivity index (χ1) is 17.4. The molecule has 10 heteroatoms. The SMILES string of the molecule is COc1cnc2c(-c3nc4c(C)cc(OCCc5ncccc5NC(=O)O)cc4s3)cc(C)cc2n1. The van der Waals surface area contributed by atoms with Gasteiger partial charge >= 0.3 is 6.09 Å². The summed E-state index contributed by atoms with van der Waals surface area (Å²) in [5.74, 6) is 1.19. The van der Waals surface area contributed by atoms with Gasteiger partial charge in [-0.1, -0.05) is 0 Å². The van der Waals surface area contributed by atoms with Gasteiger partial charge in [-0.3, -0.25) is 10.3 Å². The lowest BCUT2D eigenvalue weighted by atomic mass is 10.1. The number of amides is 1. The van der Waals surface area contributed by atoms with Gasteiger partial charge in [-0.05, 0) is 61.4 Å². The monoisotopic (exact) mass is 501 g/mol. The van der Waals surface area contributed by atoms with E-state index >= 15 is 0 Å². The van der Waals surface area contributed by atoms with Crippen LogP contribution in [0.1, 0.15) is 16.8 Å². The van der Waals surface area contributed by atoms with Gasteiger partial charge in [0.1, 0.15) is 10.8 Å². The standard InChI is InChI=1S/C26H23N5O4S/c1-14-9-17(24-20(10-14)29-22(34-3)13-28-24)25-31-23-15(2)11-16(12-21(23)36-25)35-8-6-18-19(30-26(32)33)5-4-7-27-18/h4-5,7,9-13,30H,6,8H2,1-3H3,(H,32,33). The normalized spacial score (nSPS) is 11.1. The maximum atomic E-state index is 11.0. The van der Waals surface area contributed by atoms with Crippen LogP contribution in [-0.4, -0.2) is 44.9 Å². The van der Waals surface area contributed by atoms with Crippen molar-refractivity contribution in [1.29, 1.82) is 0 Å². The molecule has 182 valence electrons. The van der Waals surface area contributed by atoms with E-state index in [0.29, 0.717) is 30.3 Å². The number of nitrogens with one attached hydrogen (secondary N) is 1. The van der Waals surface area contributed by atoms with Gasteiger partial charge in [-0.2, -0.15) is 0 Å². The third-order valence-corrected chi connectivity index (χ3v) is 6.64. The van der Waals surface area contributed by atoms with Crippen LogP contribution < -0.4 is 14.8 Å². The quantitative estimate of drug-likeness (QED) is 0.294. The van der Waals surface area contributed by atoms with E-state index in [0.717, 1.165) is 48.7 Å². The molecule has 0 aliphatic carbocycles. The lowest BCUT2D eigenvalue weighted by Crippen LogP contribution is -2.12. The van der Waals surface area contributed by atoms with E-state index in [2.05, 4.69) is 26.3 Å². The Morgan fingerprint density at radius 1 is 1.11 bits per heavy atom. The summed E-state index contributed by atoms with van der Waals surface area (Å²) in [6.45, 7) is 4.38. The molecular weight excluding hydrogens is 478 g/mol. The second-order valence-electron chi connectivity index (χ2n) is 8.22. The number of rotatable bonds is 7. The van der Waals surface area contributed by atoms with Gasteiger partial charge in [-0.25, -0.2) is 19.7 Å². The van der Waals surface area contributed by atoms with Crippen molar-refractivity contribution in [3.8, 4) is 22.2 Å². The first kappa shape index (κ1) is 23.4. The number of carbonyl (C=O) groups is 1. The van der Waals surface area contributed by atoms with Crippen molar-refractivity contribution in [3.05, 3.63) is 65.6 Å². The molecule has 0 saturated heterocycles. The molecule has 0 unspecified atom stereocenters. The van der Waals surface area contributed by atoms with E-state index in [4.69, 9.17) is 19.6 Å². The molecule has 0 saturated carbocycles. The summed E-state index contributed by atoms with van der Waals surface area (Å²) < 4.78 is 12.3. The van der Waals surface area contributed by atoms with Crippen LogP contribution in [0.15, 0.2) is 48.8 Å². The number of anilines is 1. The zero-order valence-corrected chi connectivity index (χ0v) is 20.7. The molecule has 3 heterocycles. The number of aryl methyl sites for hydroxylation is 2. The Morgan fingerprint density at radius 3 is 2.78 bits per heavy atom. The van der Waals surface area contributed by atoms with Crippen molar-refractivity contribution in [1.82, 2.24) is 19.9 Å². The highest BCUT2D eigenvalue weighted by Crippen LogP contribution is 2.37. The molecule has 3 aromatic heterocycles. The number of ether oxygens (including phenoxy) is 2. The first-order valence-electron chi connectivity index (χ1n) is 11.2. The molecule has 36 heavy (non-hydrogen) atoms. The number of carboxylic acid groups (broad SMARTS) is 1. The Balaban J connectivity index is 1.42. The van der Waals surface area contributed by atoms with E-state index in [1.165, 1.54) is 0 Å². The minimum atomic E-state index is -1.13. The number of hydrogen-bond donors (Lipinski definition) is 2. The minimum absolute atomic E-state index is 0.349. The maximum Gasteiger partial charge on any atom is 0.409 e. The molecule has 2 aromatic carbocycles. The largest absolute Gasteiger partial charge is 0.493 e. The zero-order valence-electron chi connectivity index (χ0n) is 19.9. The van der Waals surface area contributed by atoms with E-state index < -0.39 is 6.09 Å². The fourth-order valence-electron chi connectivity index (χ4n) is 4.00. The first-order valence-corrected chi connectivity index (χ1v) is 12.0. The van der Waals surface area contributed by atoms with Crippen molar-refractivity contribution in [3.63, 3.8) is 0 Å². The number of nitrogens with zero attached hydrogens (tertiary/aromatic N) is 4. The molecule has 5 rings (SSSR count). The minimum Gasteiger partial charge on any atom is -0.493 e. The van der Waals surface area contributed by atoms with E-state index in [1.54, 1.807) is 43.0 Å². The molecule has 2 N–H and O–H groups in total. The predicted molar refractivity (Wildman–Crippen MR) is 139 cm³/mol. The summed E-state index contributed by atoms with van der Waals surface area (Å²) >= 11 is 1.57. The van der Waals surface area contributed by atoms with Crippen LogP contribution in [0.4, 0.5) is 10.5 Å². The Hall–Kier alpha value is -4.31. The topological polar surface area (TPSA) is 119 Å². The Bertz CT molecular complexity index is 1600. The van der Waals surface area contributed by atoms with Crippen LogP contribution in [0.25, 0.3) is 31.8 Å². The summed E-state index contributed by atoms with van der Waals surface area (Å²) in [5, 5.41) is 12.2. The van der Waals surface area contributed by atoms with Gasteiger partial charge in [0.25, 0.3) is 0 Å². The van der Waals surface area contributed by atoms with Gasteiger partial charge in [0.2, 0.25) is 5.88 Å². The van der Waals surface area contributed by atoms with Gasteiger partial charge in [0, 0.05) is 18.2 Å². The Labute approximate surface area is 210 Å². The number of fused-ring (bicyclic) bond motifs is 2. The van der Waals surface area contributed by atoms with Crippen LogP contribution >= 0.6 is 11.3 Å². The van der Waals surface area contributed by atoms with E-state index in [-0.39, 0.29) is 0 Å². The molecule has 0 aliphatic rings. The smallest absolute Gasteiger partial charge is 0.409 e. The van der Waals surface area contributed by atoms with Crippen LogP contribution in [0.5, 0.6) is 11.6 Å². The molecule has 0 atom stereocenters. The highest BCUT2D eigenvalue weighted by molar-refractivity contribution is 7.21. The van der Waals surface area contributed by atoms with Crippen LogP contribution in [0.2, 0.25) is 0 Å². The third kappa shape index (κ3) is 4.76. The molecular formula is C26H23N5O4S. The molecule has 1 amide bonds. The zero-order chi connectivity index (χ0) is 25.2. The number of thiazole rings is 1. The van der Waals surface area contributed by atoms with Gasteiger partial charge in [-0.15, -0.1) is 11.3 Å². The molecule has 9 nitrogen and oxygen atoms in total. The molecule has 0 spiro atoms. The average molecular weight is 502 g/mol. The van der Waals surface area contributed by atoms with Crippen LogP contribution in [0, 0.1) is 13.8 Å². The molecule has 5 aromatic rings. The predicted octanol–water partition coefficient (Wildman–Crippen LogP) is 5.64. The highest BCUT2D eigenvalue weighted by Gasteiger charge is 2.15. The summed E-state index contributed by atoms with van der Waals surface area (Å²) in [6, 6.07) is 11.4. The fraction of sp³-hybridized carbons (Fsp3) is 0.192. The molecule has 0 radical (unpaired) electrons. The highest BCUT2D eigenvalue weighted by atomic mass is 32.1. The number of methoxy groups -OCH3 is 1. The van der Waals surface area contributed by atoms with E-state index in [9.17, 15) is 4.79 Å². The van der Waals surface area contributed by atoms with Crippen LogP contribution in [-0.2, 0) is 6.42 Å². The molecule has 0 aliphatic heterocycles. The van der Waals surface area contributed by atoms with E-state index in [1.807, 2.05) is 32.0 Å². The fourth-order valence-corrected chi connectivity index (χ4v) is 5.09. The van der Waals surface area contributed by atoms with Gasteiger partial charge in [0.15, 0.2) is 0 Å². The van der Waals surface area contributed by atoms with Crippen molar-refractivity contribution in [2.24, 2.45) is 0 Å². The maximum absolute atomic E-state index is 11.0.